The number of amides is 2. The van der Waals surface area contributed by atoms with Gasteiger partial charge in [0.15, 0.2) is 0 Å². The molecule has 3 aromatic rings. The van der Waals surface area contributed by atoms with Gasteiger partial charge in [0, 0.05) is 54.2 Å². The number of aromatic amines is 1. The smallest absolute Gasteiger partial charge is 0.223 e. The molecular formula is C24H27N3O4. The number of benzene rings is 2. The molecule has 1 aliphatic heterocycles. The number of carbonyl (C=O) groups is 2. The number of carbonyl (C=O) groups excluding carboxylic acids is 2. The topological polar surface area (TPSA) is 83.7 Å². The fourth-order valence-electron chi connectivity index (χ4n) is 4.06. The quantitative estimate of drug-likeness (QED) is 0.614. The number of H-pyrrole nitrogens is 1. The zero-order valence-corrected chi connectivity index (χ0v) is 17.9. The van der Waals surface area contributed by atoms with E-state index in [-0.39, 0.29) is 24.7 Å². The molecule has 4 rings (SSSR count). The maximum atomic E-state index is 12.7. The highest BCUT2D eigenvalue weighted by molar-refractivity contribution is 5.86. The van der Waals surface area contributed by atoms with Crippen LogP contribution in [-0.2, 0) is 29.1 Å². The summed E-state index contributed by atoms with van der Waals surface area (Å²) in [5.74, 6) is 1.19. The van der Waals surface area contributed by atoms with Gasteiger partial charge in [-0.15, -0.1) is 0 Å². The lowest BCUT2D eigenvalue weighted by molar-refractivity contribution is -0.134. The van der Waals surface area contributed by atoms with E-state index in [2.05, 4.69) is 22.4 Å². The van der Waals surface area contributed by atoms with E-state index in [0.717, 1.165) is 23.2 Å². The van der Waals surface area contributed by atoms with Crippen LogP contribution in [0.2, 0.25) is 0 Å². The van der Waals surface area contributed by atoms with Crippen LogP contribution in [0.5, 0.6) is 11.5 Å². The number of rotatable bonds is 7. The monoisotopic (exact) mass is 421 g/mol. The van der Waals surface area contributed by atoms with Crippen molar-refractivity contribution in [2.24, 2.45) is 0 Å². The van der Waals surface area contributed by atoms with Crippen LogP contribution < -0.4 is 14.8 Å². The second-order valence-electron chi connectivity index (χ2n) is 7.65. The number of hydrogen-bond donors (Lipinski definition) is 2. The lowest BCUT2D eigenvalue weighted by Gasteiger charge is -2.27. The number of methoxy groups -OCH3 is 2. The standard InChI is InChI=1S/C24H27N3O4/c1-30-17-8-7-16(22(13-17)31-2)14-25-23(28)9-10-24(29)27-12-11-19-18-5-3-4-6-20(18)26-21(19)15-27/h3-8,13,26H,9-12,14-15H2,1-2H3,(H,25,28). The van der Waals surface area contributed by atoms with Crippen molar-refractivity contribution in [3.63, 3.8) is 0 Å². The second kappa shape index (κ2) is 9.12. The Bertz CT molecular complexity index is 1110. The van der Waals surface area contributed by atoms with Gasteiger partial charge < -0.3 is 24.7 Å². The summed E-state index contributed by atoms with van der Waals surface area (Å²) in [7, 11) is 3.17. The van der Waals surface area contributed by atoms with Crippen LogP contribution in [0.1, 0.15) is 29.7 Å². The van der Waals surface area contributed by atoms with E-state index >= 15 is 0 Å². The number of hydrogen-bond acceptors (Lipinski definition) is 4. The van der Waals surface area contributed by atoms with Crippen LogP contribution in [-0.4, -0.2) is 42.5 Å². The van der Waals surface area contributed by atoms with Gasteiger partial charge in [0.25, 0.3) is 0 Å². The number of nitrogens with one attached hydrogen (secondary N) is 2. The highest BCUT2D eigenvalue weighted by atomic mass is 16.5. The normalized spacial score (nSPS) is 13.0. The van der Waals surface area contributed by atoms with Gasteiger partial charge in [-0.05, 0) is 30.2 Å². The van der Waals surface area contributed by atoms with Crippen molar-refractivity contribution in [1.82, 2.24) is 15.2 Å². The highest BCUT2D eigenvalue weighted by Gasteiger charge is 2.24. The van der Waals surface area contributed by atoms with Crippen LogP contribution >= 0.6 is 0 Å². The van der Waals surface area contributed by atoms with E-state index in [1.807, 2.05) is 29.2 Å². The molecule has 2 amide bonds. The third kappa shape index (κ3) is 4.50. The van der Waals surface area contributed by atoms with E-state index < -0.39 is 0 Å². The Hall–Kier alpha value is -3.48. The molecule has 1 aliphatic rings. The second-order valence-corrected chi connectivity index (χ2v) is 7.65. The first-order valence-electron chi connectivity index (χ1n) is 10.4. The van der Waals surface area contributed by atoms with Crippen molar-refractivity contribution >= 4 is 22.7 Å². The lowest BCUT2D eigenvalue weighted by atomic mass is 10.0. The highest BCUT2D eigenvalue weighted by Crippen LogP contribution is 2.28. The molecule has 0 aliphatic carbocycles. The van der Waals surface area contributed by atoms with Gasteiger partial charge in [0.2, 0.25) is 11.8 Å². The first-order chi connectivity index (χ1) is 15.1. The molecule has 2 aromatic carbocycles. The average Bonchev–Trinajstić information content (AvgIpc) is 3.18. The fraction of sp³-hybridized carbons (Fsp3) is 0.333. The predicted molar refractivity (Wildman–Crippen MR) is 118 cm³/mol. The Morgan fingerprint density at radius 3 is 2.74 bits per heavy atom. The Kier molecular flexibility index (Phi) is 6.11. The van der Waals surface area contributed by atoms with Crippen LogP contribution in [0.25, 0.3) is 10.9 Å². The minimum absolute atomic E-state index is 0.00137. The summed E-state index contributed by atoms with van der Waals surface area (Å²) in [6, 6.07) is 13.7. The van der Waals surface area contributed by atoms with Crippen molar-refractivity contribution in [3.05, 3.63) is 59.3 Å². The molecular weight excluding hydrogens is 394 g/mol. The molecule has 0 radical (unpaired) electrons. The molecule has 2 heterocycles. The molecule has 0 saturated heterocycles. The number of nitrogens with zero attached hydrogens (tertiary/aromatic N) is 1. The van der Waals surface area contributed by atoms with E-state index in [9.17, 15) is 9.59 Å². The van der Waals surface area contributed by atoms with Crippen molar-refractivity contribution in [2.45, 2.75) is 32.4 Å². The summed E-state index contributed by atoms with van der Waals surface area (Å²) < 4.78 is 10.5. The van der Waals surface area contributed by atoms with Gasteiger partial charge in [0.1, 0.15) is 11.5 Å². The first-order valence-corrected chi connectivity index (χ1v) is 10.4. The summed E-state index contributed by atoms with van der Waals surface area (Å²) in [5, 5.41) is 4.10. The zero-order valence-electron chi connectivity index (χ0n) is 17.9. The van der Waals surface area contributed by atoms with Gasteiger partial charge in [-0.2, -0.15) is 0 Å². The molecule has 2 N–H and O–H groups in total. The fourth-order valence-corrected chi connectivity index (χ4v) is 4.06. The number of aromatic nitrogens is 1. The van der Waals surface area contributed by atoms with Crippen molar-refractivity contribution in [3.8, 4) is 11.5 Å². The van der Waals surface area contributed by atoms with E-state index in [1.54, 1.807) is 20.3 Å². The van der Waals surface area contributed by atoms with Gasteiger partial charge in [-0.3, -0.25) is 9.59 Å². The van der Waals surface area contributed by atoms with E-state index in [1.165, 1.54) is 10.9 Å². The molecule has 7 heteroatoms. The van der Waals surface area contributed by atoms with Crippen LogP contribution in [0.3, 0.4) is 0 Å². The minimum Gasteiger partial charge on any atom is -0.497 e. The molecule has 0 bridgehead atoms. The Morgan fingerprint density at radius 2 is 1.94 bits per heavy atom. The largest absolute Gasteiger partial charge is 0.497 e. The van der Waals surface area contributed by atoms with E-state index in [0.29, 0.717) is 31.1 Å². The average molecular weight is 421 g/mol. The third-order valence-electron chi connectivity index (χ3n) is 5.77. The van der Waals surface area contributed by atoms with Gasteiger partial charge >= 0.3 is 0 Å². The van der Waals surface area contributed by atoms with Gasteiger partial charge in [-0.1, -0.05) is 18.2 Å². The number of ether oxygens (including phenoxy) is 2. The Morgan fingerprint density at radius 1 is 1.10 bits per heavy atom. The molecule has 1 aromatic heterocycles. The maximum Gasteiger partial charge on any atom is 0.223 e. The molecule has 0 atom stereocenters. The summed E-state index contributed by atoms with van der Waals surface area (Å²) in [5.41, 5.74) is 4.35. The third-order valence-corrected chi connectivity index (χ3v) is 5.77. The van der Waals surface area contributed by atoms with Crippen molar-refractivity contribution in [1.29, 1.82) is 0 Å². The van der Waals surface area contributed by atoms with Gasteiger partial charge in [0.05, 0.1) is 20.8 Å². The maximum absolute atomic E-state index is 12.7. The van der Waals surface area contributed by atoms with Crippen LogP contribution in [0.15, 0.2) is 42.5 Å². The molecule has 7 nitrogen and oxygen atoms in total. The van der Waals surface area contributed by atoms with E-state index in [4.69, 9.17) is 9.47 Å². The Balaban J connectivity index is 1.28. The minimum atomic E-state index is -0.158. The molecule has 0 saturated carbocycles. The number of para-hydroxylation sites is 1. The molecule has 0 unspecified atom stereocenters. The number of fused-ring (bicyclic) bond motifs is 3. The predicted octanol–water partition coefficient (Wildman–Crippen LogP) is 3.17. The molecule has 162 valence electrons. The van der Waals surface area contributed by atoms with Crippen LogP contribution in [0, 0.1) is 0 Å². The summed E-state index contributed by atoms with van der Waals surface area (Å²) in [6.45, 7) is 1.58. The van der Waals surface area contributed by atoms with Crippen molar-refractivity contribution < 1.29 is 19.1 Å². The van der Waals surface area contributed by atoms with Crippen molar-refractivity contribution in [2.75, 3.05) is 20.8 Å². The van der Waals surface area contributed by atoms with Gasteiger partial charge in [-0.25, -0.2) is 0 Å². The zero-order chi connectivity index (χ0) is 21.8. The Labute approximate surface area is 181 Å². The SMILES string of the molecule is COc1ccc(CNC(=O)CCC(=O)N2CCc3c([nH]c4ccccc34)C2)c(OC)c1. The molecule has 0 fully saturated rings. The molecule has 0 spiro atoms. The van der Waals surface area contributed by atoms with Crippen LogP contribution in [0.4, 0.5) is 0 Å². The summed E-state index contributed by atoms with van der Waals surface area (Å²) in [6.07, 6.45) is 1.18. The first kappa shape index (κ1) is 20.8. The summed E-state index contributed by atoms with van der Waals surface area (Å²) in [4.78, 5) is 30.2. The summed E-state index contributed by atoms with van der Waals surface area (Å²) >= 11 is 0. The molecule has 31 heavy (non-hydrogen) atoms. The lowest BCUT2D eigenvalue weighted by Crippen LogP contribution is -2.36.